The molecule has 186 valence electrons. The van der Waals surface area contributed by atoms with Gasteiger partial charge in [-0.25, -0.2) is 0 Å². The number of fused-ring (bicyclic) bond motifs is 2. The van der Waals surface area contributed by atoms with Gasteiger partial charge in [-0.05, 0) is 51.6 Å². The minimum absolute atomic E-state index is 0.290. The maximum atomic E-state index is 11.9. The van der Waals surface area contributed by atoms with Gasteiger partial charge in [-0.15, -0.1) is 0 Å². The van der Waals surface area contributed by atoms with Gasteiger partial charge < -0.3 is 20.4 Å². The van der Waals surface area contributed by atoms with Gasteiger partial charge in [-0.1, -0.05) is 78.9 Å². The molecule has 37 heavy (non-hydrogen) atoms. The lowest BCUT2D eigenvalue weighted by atomic mass is 9.60. The summed E-state index contributed by atoms with van der Waals surface area (Å²) in [6.45, 7) is 0. The van der Waals surface area contributed by atoms with E-state index < -0.39 is 40.1 Å². The number of hydrogen-bond donors (Lipinski definition) is 4. The second-order valence-electron chi connectivity index (χ2n) is 9.45. The highest BCUT2D eigenvalue weighted by atomic mass is 16.4. The Hall–Kier alpha value is -4.72. The van der Waals surface area contributed by atoms with Crippen LogP contribution in [0.25, 0.3) is 11.6 Å². The molecule has 0 unspecified atom stereocenters. The molecule has 0 fully saturated rings. The number of allylic oxidation sites excluding steroid dienone is 10. The molecule has 0 aliphatic heterocycles. The Labute approximate surface area is 210 Å². The van der Waals surface area contributed by atoms with Gasteiger partial charge in [0.1, 0.15) is 0 Å². The summed E-state index contributed by atoms with van der Waals surface area (Å²) in [5.41, 5.74) is -2.26. The highest BCUT2D eigenvalue weighted by molar-refractivity contribution is 6.03. The molecule has 1 aromatic carbocycles. The first-order valence-corrected chi connectivity index (χ1v) is 11.5. The third-order valence-electron chi connectivity index (χ3n) is 7.67. The van der Waals surface area contributed by atoms with E-state index in [2.05, 4.69) is 0 Å². The van der Waals surface area contributed by atoms with Crippen molar-refractivity contribution in [3.05, 3.63) is 106 Å². The molecule has 4 aliphatic rings. The molecule has 0 saturated carbocycles. The fourth-order valence-electron chi connectivity index (χ4n) is 5.52. The minimum atomic E-state index is -2.11. The smallest absolute Gasteiger partial charge is 0.325 e. The van der Waals surface area contributed by atoms with Crippen LogP contribution in [0, 0.1) is 16.2 Å². The monoisotopic (exact) mass is 498 g/mol. The van der Waals surface area contributed by atoms with E-state index in [1.807, 2.05) is 48.6 Å². The van der Waals surface area contributed by atoms with E-state index in [0.29, 0.717) is 11.1 Å². The minimum Gasteiger partial charge on any atom is -0.480 e. The highest BCUT2D eigenvalue weighted by Gasteiger charge is 2.50. The molecule has 0 amide bonds. The summed E-state index contributed by atoms with van der Waals surface area (Å²) in [5, 5.41) is 40.6. The molecule has 0 saturated heterocycles. The van der Waals surface area contributed by atoms with Gasteiger partial charge in [0.25, 0.3) is 0 Å². The Balaban J connectivity index is 1.75. The van der Waals surface area contributed by atoms with Crippen LogP contribution < -0.4 is 10.4 Å². The van der Waals surface area contributed by atoms with Crippen molar-refractivity contribution >= 4 is 35.5 Å². The van der Waals surface area contributed by atoms with Crippen LogP contribution in [0.5, 0.6) is 0 Å². The van der Waals surface area contributed by atoms with Crippen molar-refractivity contribution in [1.82, 2.24) is 0 Å². The first kappa shape index (κ1) is 24.0. The number of rotatable bonds is 6. The maximum absolute atomic E-state index is 11.9. The Morgan fingerprint density at radius 1 is 0.703 bits per heavy atom. The van der Waals surface area contributed by atoms with Crippen molar-refractivity contribution in [3.63, 3.8) is 0 Å². The third-order valence-corrected chi connectivity index (χ3v) is 7.67. The van der Waals surface area contributed by atoms with Crippen molar-refractivity contribution in [2.75, 3.05) is 0 Å². The molecule has 8 heteroatoms. The van der Waals surface area contributed by atoms with Gasteiger partial charge >= 0.3 is 23.9 Å². The van der Waals surface area contributed by atoms with Crippen LogP contribution in [-0.4, -0.2) is 44.3 Å². The fourth-order valence-corrected chi connectivity index (χ4v) is 5.52. The first-order chi connectivity index (χ1) is 17.6. The van der Waals surface area contributed by atoms with E-state index in [9.17, 15) is 39.6 Å². The van der Waals surface area contributed by atoms with Gasteiger partial charge in [0.15, 0.2) is 10.8 Å². The fraction of sp³-hybridized carbons (Fsp3) is 0.172. The molecule has 0 aromatic heterocycles. The summed E-state index contributed by atoms with van der Waals surface area (Å²) < 4.78 is 0. The van der Waals surface area contributed by atoms with Gasteiger partial charge in [0.05, 0.1) is 5.41 Å². The molecular weight excluding hydrogens is 476 g/mol. The van der Waals surface area contributed by atoms with Gasteiger partial charge in [0, 0.05) is 0 Å². The van der Waals surface area contributed by atoms with Crippen LogP contribution in [0.4, 0.5) is 0 Å². The van der Waals surface area contributed by atoms with Crippen LogP contribution >= 0.6 is 0 Å². The maximum Gasteiger partial charge on any atom is 0.325 e. The average molecular weight is 498 g/mol. The molecule has 1 aromatic rings. The topological polar surface area (TPSA) is 149 Å². The van der Waals surface area contributed by atoms with E-state index in [4.69, 9.17) is 0 Å². The largest absolute Gasteiger partial charge is 0.480 e. The lowest BCUT2D eigenvalue weighted by Crippen LogP contribution is -2.41. The van der Waals surface area contributed by atoms with Crippen molar-refractivity contribution in [2.24, 2.45) is 16.2 Å². The van der Waals surface area contributed by atoms with Crippen LogP contribution in [0.3, 0.4) is 0 Å². The SMILES string of the molecule is O=C(O)C1(C(=O)O)C=CC(C2(C3=CCC(C(=O)O)(C(=O)O)C=C3)C=CC=C3C=c4ccccc4=C32)=CC1. The molecule has 4 aliphatic carbocycles. The Bertz CT molecular complexity index is 1500. The van der Waals surface area contributed by atoms with E-state index >= 15 is 0 Å². The predicted octanol–water partition coefficient (Wildman–Crippen LogP) is 2.20. The predicted molar refractivity (Wildman–Crippen MR) is 132 cm³/mol. The molecule has 4 N–H and O–H groups in total. The Morgan fingerprint density at radius 3 is 1.68 bits per heavy atom. The summed E-state index contributed by atoms with van der Waals surface area (Å²) in [5.74, 6) is -5.90. The molecule has 0 bridgehead atoms. The van der Waals surface area contributed by atoms with E-state index in [1.54, 1.807) is 12.2 Å². The Kier molecular flexibility index (Phi) is 5.29. The summed E-state index contributed by atoms with van der Waals surface area (Å²) in [7, 11) is 0. The lowest BCUT2D eigenvalue weighted by Gasteiger charge is -2.41. The van der Waals surface area contributed by atoms with Crippen molar-refractivity contribution < 1.29 is 39.6 Å². The first-order valence-electron chi connectivity index (χ1n) is 11.5. The molecular formula is C29H22O8. The van der Waals surface area contributed by atoms with Crippen LogP contribution in [-0.2, 0) is 19.2 Å². The van der Waals surface area contributed by atoms with Crippen LogP contribution in [0.1, 0.15) is 12.8 Å². The van der Waals surface area contributed by atoms with Crippen molar-refractivity contribution in [1.29, 1.82) is 0 Å². The second kappa shape index (κ2) is 8.16. The lowest BCUT2D eigenvalue weighted by molar-refractivity contribution is -0.162. The van der Waals surface area contributed by atoms with E-state index in [1.165, 1.54) is 24.3 Å². The van der Waals surface area contributed by atoms with Crippen molar-refractivity contribution in [3.8, 4) is 0 Å². The molecule has 8 nitrogen and oxygen atoms in total. The standard InChI is InChI=1S/C29H22O8/c30-23(31)27(24(32)33)12-7-19(8-13-27)29(20-9-14-28(15-10-20,25(34)35)26(36)37)11-3-5-18-16-17-4-1-2-6-21(17)22(18)29/h1-12,14,16H,13,15H2,(H,30,31)(H,32,33)(H,34,35)(H,36,37). The number of aliphatic carboxylic acids is 4. The third kappa shape index (κ3) is 3.22. The number of carbonyl (C=O) groups is 4. The highest BCUT2D eigenvalue weighted by Crippen LogP contribution is 2.54. The van der Waals surface area contributed by atoms with Gasteiger partial charge in [-0.2, -0.15) is 0 Å². The number of carboxylic acid groups (broad SMARTS) is 4. The van der Waals surface area contributed by atoms with Gasteiger partial charge in [-0.3, -0.25) is 19.2 Å². The molecule has 0 radical (unpaired) electrons. The van der Waals surface area contributed by atoms with Crippen LogP contribution in [0.2, 0.25) is 0 Å². The van der Waals surface area contributed by atoms with E-state index in [0.717, 1.165) is 21.6 Å². The molecule has 5 rings (SSSR count). The number of benzene rings is 1. The molecule has 0 heterocycles. The second-order valence-corrected chi connectivity index (χ2v) is 9.45. The zero-order valence-electron chi connectivity index (χ0n) is 19.4. The summed E-state index contributed by atoms with van der Waals surface area (Å²) in [4.78, 5) is 47.6. The number of carboxylic acids is 4. The van der Waals surface area contributed by atoms with Crippen LogP contribution in [0.15, 0.2) is 95.7 Å². The summed E-state index contributed by atoms with van der Waals surface area (Å²) in [6.07, 6.45) is 15.7. The molecule has 0 atom stereocenters. The normalized spacial score (nSPS) is 21.5. The van der Waals surface area contributed by atoms with Gasteiger partial charge in [0.2, 0.25) is 0 Å². The summed E-state index contributed by atoms with van der Waals surface area (Å²) >= 11 is 0. The Morgan fingerprint density at radius 2 is 1.22 bits per heavy atom. The zero-order chi connectivity index (χ0) is 26.6. The average Bonchev–Trinajstić information content (AvgIpc) is 3.27. The number of hydrogen-bond acceptors (Lipinski definition) is 4. The van der Waals surface area contributed by atoms with E-state index in [-0.39, 0.29) is 12.8 Å². The van der Waals surface area contributed by atoms with Crippen molar-refractivity contribution in [2.45, 2.75) is 12.8 Å². The molecule has 0 spiro atoms. The quantitative estimate of drug-likeness (QED) is 0.436. The zero-order valence-corrected chi connectivity index (χ0v) is 19.4. The summed E-state index contributed by atoms with van der Waals surface area (Å²) in [6, 6.07) is 7.71.